The third-order valence-corrected chi connectivity index (χ3v) is 11.6. The zero-order chi connectivity index (χ0) is 25.8. The Bertz CT molecular complexity index is 758. The second-order valence-corrected chi connectivity index (χ2v) is 13.7. The molecule has 4 aliphatic rings. The highest BCUT2D eigenvalue weighted by Crippen LogP contribution is 2.66. The Kier molecular flexibility index (Phi) is 9.54. The SMILES string of the molecule is CCCCCCCC[C@H]1CC[C@H]2[C@@H]3CC=C4C[C@@H](OC(=O)OC[C@@H](C)CC)CC[C@]4(C)[C@H]3CC[C@]12C. The van der Waals surface area contributed by atoms with Gasteiger partial charge in [-0.25, -0.2) is 4.79 Å². The Hall–Kier alpha value is -0.990. The summed E-state index contributed by atoms with van der Waals surface area (Å²) in [6.07, 6.45) is 23.2. The van der Waals surface area contributed by atoms with Crippen LogP contribution in [-0.2, 0) is 9.47 Å². The Labute approximate surface area is 222 Å². The maximum absolute atomic E-state index is 12.3. The summed E-state index contributed by atoms with van der Waals surface area (Å²) in [6, 6.07) is 0. The van der Waals surface area contributed by atoms with Gasteiger partial charge >= 0.3 is 6.16 Å². The molecule has 0 saturated heterocycles. The molecule has 4 aliphatic carbocycles. The van der Waals surface area contributed by atoms with Crippen molar-refractivity contribution in [1.29, 1.82) is 0 Å². The van der Waals surface area contributed by atoms with Crippen molar-refractivity contribution >= 4 is 6.16 Å². The highest BCUT2D eigenvalue weighted by atomic mass is 16.7. The van der Waals surface area contributed by atoms with Gasteiger partial charge in [0.1, 0.15) is 6.10 Å². The molecule has 0 aromatic rings. The summed E-state index contributed by atoms with van der Waals surface area (Å²) >= 11 is 0. The van der Waals surface area contributed by atoms with Gasteiger partial charge in [0.15, 0.2) is 0 Å². The molecule has 3 saturated carbocycles. The van der Waals surface area contributed by atoms with Gasteiger partial charge in [-0.2, -0.15) is 0 Å². The Morgan fingerprint density at radius 1 is 1.00 bits per heavy atom. The summed E-state index contributed by atoms with van der Waals surface area (Å²) in [5, 5.41) is 0. The molecule has 0 amide bonds. The molecule has 3 fully saturated rings. The van der Waals surface area contributed by atoms with Crippen LogP contribution in [0.1, 0.15) is 137 Å². The number of fused-ring (bicyclic) bond motifs is 5. The van der Waals surface area contributed by atoms with E-state index in [4.69, 9.17) is 9.47 Å². The van der Waals surface area contributed by atoms with Crippen molar-refractivity contribution in [3.05, 3.63) is 11.6 Å². The van der Waals surface area contributed by atoms with E-state index in [0.717, 1.165) is 49.4 Å². The lowest BCUT2D eigenvalue weighted by atomic mass is 9.47. The summed E-state index contributed by atoms with van der Waals surface area (Å²) in [7, 11) is 0. The standard InChI is InChI=1S/C33H56O3/c1-6-8-9-10-11-12-13-25-15-17-29-28-16-14-26-22-27(36-31(34)35-23-24(3)7-2)18-20-33(26,5)30(28)19-21-32(25,29)4/h14,24-25,27-30H,6-13,15-23H2,1-5H3/t24-,25-,27-,28-,29-,30-,32+,33-/m0/s1. The molecule has 0 N–H and O–H groups in total. The molecule has 206 valence electrons. The van der Waals surface area contributed by atoms with E-state index in [1.807, 2.05) is 0 Å². The Balaban J connectivity index is 1.32. The van der Waals surface area contributed by atoms with Gasteiger partial charge in [-0.3, -0.25) is 0 Å². The molecule has 4 rings (SSSR count). The van der Waals surface area contributed by atoms with Crippen LogP contribution in [-0.4, -0.2) is 18.9 Å². The number of allylic oxidation sites excluding steroid dienone is 1. The maximum atomic E-state index is 12.3. The van der Waals surface area contributed by atoms with Crippen molar-refractivity contribution < 1.29 is 14.3 Å². The summed E-state index contributed by atoms with van der Waals surface area (Å²) in [6.45, 7) is 12.2. The van der Waals surface area contributed by atoms with Crippen LogP contribution in [0.3, 0.4) is 0 Å². The number of carbonyl (C=O) groups is 1. The van der Waals surface area contributed by atoms with Crippen molar-refractivity contribution in [3.8, 4) is 0 Å². The zero-order valence-corrected chi connectivity index (χ0v) is 24.3. The number of hydrogen-bond donors (Lipinski definition) is 0. The topological polar surface area (TPSA) is 35.5 Å². The van der Waals surface area contributed by atoms with Gasteiger partial charge in [0.05, 0.1) is 6.61 Å². The minimum Gasteiger partial charge on any atom is -0.434 e. The third kappa shape index (κ3) is 5.85. The van der Waals surface area contributed by atoms with E-state index in [2.05, 4.69) is 40.7 Å². The average molecular weight is 501 g/mol. The lowest BCUT2D eigenvalue weighted by molar-refractivity contribution is -0.0568. The summed E-state index contributed by atoms with van der Waals surface area (Å²) in [5.74, 6) is 3.95. The van der Waals surface area contributed by atoms with E-state index >= 15 is 0 Å². The molecule has 0 aliphatic heterocycles. The van der Waals surface area contributed by atoms with Crippen molar-refractivity contribution in [2.24, 2.45) is 40.4 Å². The third-order valence-electron chi connectivity index (χ3n) is 11.6. The Morgan fingerprint density at radius 2 is 1.78 bits per heavy atom. The van der Waals surface area contributed by atoms with Crippen LogP contribution in [0.5, 0.6) is 0 Å². The first-order valence-corrected chi connectivity index (χ1v) is 15.8. The number of unbranched alkanes of at least 4 members (excludes halogenated alkanes) is 5. The van der Waals surface area contributed by atoms with E-state index < -0.39 is 6.16 Å². The van der Waals surface area contributed by atoms with Gasteiger partial charge in [0.2, 0.25) is 0 Å². The Morgan fingerprint density at radius 3 is 2.56 bits per heavy atom. The molecule has 8 atom stereocenters. The molecule has 0 aromatic heterocycles. The first kappa shape index (κ1) is 28.0. The molecular formula is C33H56O3. The summed E-state index contributed by atoms with van der Waals surface area (Å²) < 4.78 is 11.2. The number of carbonyl (C=O) groups excluding carboxylic acids is 1. The van der Waals surface area contributed by atoms with E-state index in [-0.39, 0.29) is 6.10 Å². The van der Waals surface area contributed by atoms with Gasteiger partial charge in [0.25, 0.3) is 0 Å². The second kappa shape index (κ2) is 12.2. The highest BCUT2D eigenvalue weighted by Gasteiger charge is 2.58. The largest absolute Gasteiger partial charge is 0.508 e. The number of hydrogen-bond acceptors (Lipinski definition) is 3. The van der Waals surface area contributed by atoms with E-state index in [1.165, 1.54) is 77.0 Å². The minimum atomic E-state index is -0.464. The predicted octanol–water partition coefficient (Wildman–Crippen LogP) is 9.88. The van der Waals surface area contributed by atoms with Crippen LogP contribution in [0.25, 0.3) is 0 Å². The predicted molar refractivity (Wildman–Crippen MR) is 149 cm³/mol. The smallest absolute Gasteiger partial charge is 0.434 e. The van der Waals surface area contributed by atoms with Crippen molar-refractivity contribution in [2.75, 3.05) is 6.61 Å². The van der Waals surface area contributed by atoms with Crippen molar-refractivity contribution in [1.82, 2.24) is 0 Å². The van der Waals surface area contributed by atoms with Crippen LogP contribution in [0.2, 0.25) is 0 Å². The van der Waals surface area contributed by atoms with Gasteiger partial charge < -0.3 is 9.47 Å². The molecule has 0 aromatic carbocycles. The van der Waals surface area contributed by atoms with Crippen molar-refractivity contribution in [3.63, 3.8) is 0 Å². The molecule has 0 unspecified atom stereocenters. The molecular weight excluding hydrogens is 444 g/mol. The van der Waals surface area contributed by atoms with Crippen molar-refractivity contribution in [2.45, 2.75) is 143 Å². The van der Waals surface area contributed by atoms with Crippen LogP contribution in [0, 0.1) is 40.4 Å². The molecule has 3 nitrogen and oxygen atoms in total. The van der Waals surface area contributed by atoms with Crippen LogP contribution in [0.4, 0.5) is 4.79 Å². The van der Waals surface area contributed by atoms with Crippen LogP contribution < -0.4 is 0 Å². The lowest BCUT2D eigenvalue weighted by Gasteiger charge is -2.58. The van der Waals surface area contributed by atoms with E-state index in [1.54, 1.807) is 5.57 Å². The molecule has 3 heteroatoms. The second-order valence-electron chi connectivity index (χ2n) is 13.7. The fourth-order valence-corrected chi connectivity index (χ4v) is 8.98. The molecule has 36 heavy (non-hydrogen) atoms. The van der Waals surface area contributed by atoms with Crippen LogP contribution >= 0.6 is 0 Å². The molecule has 0 bridgehead atoms. The summed E-state index contributed by atoms with van der Waals surface area (Å²) in [5.41, 5.74) is 2.47. The normalized spacial score (nSPS) is 38.4. The highest BCUT2D eigenvalue weighted by molar-refractivity contribution is 5.60. The summed E-state index contributed by atoms with van der Waals surface area (Å²) in [4.78, 5) is 12.3. The first-order valence-electron chi connectivity index (χ1n) is 15.8. The molecule has 0 heterocycles. The monoisotopic (exact) mass is 500 g/mol. The first-order chi connectivity index (χ1) is 17.3. The molecule has 0 spiro atoms. The van der Waals surface area contributed by atoms with Gasteiger partial charge in [-0.05, 0) is 91.8 Å². The number of rotatable bonds is 11. The van der Waals surface area contributed by atoms with Gasteiger partial charge in [-0.1, -0.05) is 91.2 Å². The lowest BCUT2D eigenvalue weighted by Crippen LogP contribution is -2.50. The minimum absolute atomic E-state index is 0.00708. The zero-order valence-electron chi connectivity index (χ0n) is 24.3. The molecule has 0 radical (unpaired) electrons. The maximum Gasteiger partial charge on any atom is 0.508 e. The van der Waals surface area contributed by atoms with E-state index in [0.29, 0.717) is 23.4 Å². The van der Waals surface area contributed by atoms with Gasteiger partial charge in [0, 0.05) is 6.42 Å². The average Bonchev–Trinajstić information content (AvgIpc) is 3.21. The fraction of sp³-hybridized carbons (Fsp3) is 0.909. The van der Waals surface area contributed by atoms with Crippen LogP contribution in [0.15, 0.2) is 11.6 Å². The van der Waals surface area contributed by atoms with E-state index in [9.17, 15) is 4.79 Å². The quantitative estimate of drug-likeness (QED) is 0.161. The van der Waals surface area contributed by atoms with Gasteiger partial charge in [-0.15, -0.1) is 0 Å². The number of ether oxygens (including phenoxy) is 2. The fourth-order valence-electron chi connectivity index (χ4n) is 8.98.